The number of piperazine rings is 1. The van der Waals surface area contributed by atoms with Gasteiger partial charge in [-0.2, -0.15) is 0 Å². The quantitative estimate of drug-likeness (QED) is 0.558. The highest BCUT2D eigenvalue weighted by atomic mass is 35.5. The molecule has 0 unspecified atom stereocenters. The van der Waals surface area contributed by atoms with Crippen molar-refractivity contribution in [2.24, 2.45) is 0 Å². The first-order valence-corrected chi connectivity index (χ1v) is 11.7. The number of benzene rings is 2. The smallest absolute Gasteiger partial charge is 0.248 e. The van der Waals surface area contributed by atoms with Crippen LogP contribution in [0, 0.1) is 0 Å². The van der Waals surface area contributed by atoms with Crippen molar-refractivity contribution in [3.05, 3.63) is 64.7 Å². The molecule has 1 saturated heterocycles. The highest BCUT2D eigenvalue weighted by Crippen LogP contribution is 2.30. The Balaban J connectivity index is 1.56. The summed E-state index contributed by atoms with van der Waals surface area (Å²) in [5, 5.41) is 3.45. The van der Waals surface area contributed by atoms with Gasteiger partial charge in [0.25, 0.3) is 0 Å². The average Bonchev–Trinajstić information content (AvgIpc) is 2.78. The minimum absolute atomic E-state index is 0.204. The van der Waals surface area contributed by atoms with Gasteiger partial charge in [0.15, 0.2) is 0 Å². The molecule has 0 aliphatic carbocycles. The van der Waals surface area contributed by atoms with E-state index in [4.69, 9.17) is 11.6 Å². The van der Waals surface area contributed by atoms with Crippen molar-refractivity contribution in [3.63, 3.8) is 0 Å². The van der Waals surface area contributed by atoms with E-state index in [-0.39, 0.29) is 11.8 Å². The van der Waals surface area contributed by atoms with E-state index < -0.39 is 0 Å². The molecule has 1 aliphatic rings. The summed E-state index contributed by atoms with van der Waals surface area (Å²) in [7, 11) is 0. The first-order valence-electron chi connectivity index (χ1n) is 11.3. The van der Waals surface area contributed by atoms with E-state index in [9.17, 15) is 9.59 Å². The van der Waals surface area contributed by atoms with E-state index in [2.05, 4.69) is 36.2 Å². The predicted molar refractivity (Wildman–Crippen MR) is 133 cm³/mol. The van der Waals surface area contributed by atoms with E-state index in [1.807, 2.05) is 36.1 Å². The fraction of sp³-hybridized carbons (Fsp3) is 0.385. The molecule has 5 nitrogen and oxygen atoms in total. The summed E-state index contributed by atoms with van der Waals surface area (Å²) in [6.07, 6.45) is 4.80. The fourth-order valence-corrected chi connectivity index (χ4v) is 4.06. The molecule has 1 N–H and O–H groups in total. The molecule has 1 fully saturated rings. The second-order valence-corrected chi connectivity index (χ2v) is 8.84. The second-order valence-electron chi connectivity index (χ2n) is 8.43. The van der Waals surface area contributed by atoms with Crippen molar-refractivity contribution in [1.82, 2.24) is 4.90 Å². The maximum Gasteiger partial charge on any atom is 0.248 e. The van der Waals surface area contributed by atoms with Gasteiger partial charge in [0.1, 0.15) is 0 Å². The number of hydrogen-bond donors (Lipinski definition) is 1. The Kier molecular flexibility index (Phi) is 8.34. The van der Waals surface area contributed by atoms with Gasteiger partial charge >= 0.3 is 0 Å². The summed E-state index contributed by atoms with van der Waals surface area (Å²) >= 11 is 6.52. The standard InChI is InChI=1S/C26H32ClN3O2/c1-4-5-26(32)30-16-14-29(15-17-30)24-12-11-22(18-23(24)27)28-25(31)13-8-20-6-9-21(10-7-20)19(2)3/h6-13,18-19H,4-5,14-17H2,1-3H3,(H,28,31)/b13-8+. The molecule has 0 spiro atoms. The van der Waals surface area contributed by atoms with E-state index in [0.717, 1.165) is 30.8 Å². The molecule has 3 rings (SSSR count). The second kappa shape index (κ2) is 11.2. The van der Waals surface area contributed by atoms with Crippen LogP contribution in [0.2, 0.25) is 5.02 Å². The molecule has 1 aliphatic heterocycles. The maximum absolute atomic E-state index is 12.3. The molecule has 0 aromatic heterocycles. The summed E-state index contributed by atoms with van der Waals surface area (Å²) in [4.78, 5) is 28.5. The molecule has 0 atom stereocenters. The third kappa shape index (κ3) is 6.36. The first kappa shape index (κ1) is 23.9. The number of nitrogens with zero attached hydrogens (tertiary/aromatic N) is 2. The van der Waals surface area contributed by atoms with Crippen molar-refractivity contribution in [2.45, 2.75) is 39.5 Å². The first-order chi connectivity index (χ1) is 15.4. The summed E-state index contributed by atoms with van der Waals surface area (Å²) in [5.41, 5.74) is 3.83. The topological polar surface area (TPSA) is 52.7 Å². The number of halogens is 1. The van der Waals surface area contributed by atoms with E-state index in [1.54, 1.807) is 12.1 Å². The molecule has 2 aromatic carbocycles. The molecule has 0 bridgehead atoms. The normalized spacial score (nSPS) is 14.3. The van der Waals surface area contributed by atoms with Crippen LogP contribution in [0.3, 0.4) is 0 Å². The van der Waals surface area contributed by atoms with Crippen LogP contribution in [-0.2, 0) is 9.59 Å². The number of rotatable bonds is 7. The van der Waals surface area contributed by atoms with Gasteiger partial charge < -0.3 is 15.1 Å². The van der Waals surface area contributed by atoms with Gasteiger partial charge in [-0.3, -0.25) is 9.59 Å². The summed E-state index contributed by atoms with van der Waals surface area (Å²) in [6, 6.07) is 13.8. The molecule has 2 amide bonds. The Morgan fingerprint density at radius 2 is 1.75 bits per heavy atom. The van der Waals surface area contributed by atoms with Crippen molar-refractivity contribution < 1.29 is 9.59 Å². The van der Waals surface area contributed by atoms with Crippen LogP contribution in [0.5, 0.6) is 0 Å². The molecule has 2 aromatic rings. The number of carbonyl (C=O) groups excluding carboxylic acids is 2. The molecule has 6 heteroatoms. The van der Waals surface area contributed by atoms with Crippen LogP contribution in [0.15, 0.2) is 48.5 Å². The largest absolute Gasteiger partial charge is 0.367 e. The van der Waals surface area contributed by atoms with Crippen LogP contribution in [0.4, 0.5) is 11.4 Å². The lowest BCUT2D eigenvalue weighted by atomic mass is 10.0. The zero-order chi connectivity index (χ0) is 23.1. The van der Waals surface area contributed by atoms with Crippen molar-refractivity contribution in [3.8, 4) is 0 Å². The summed E-state index contributed by atoms with van der Waals surface area (Å²) in [6.45, 7) is 9.24. The van der Waals surface area contributed by atoms with Crippen molar-refractivity contribution in [2.75, 3.05) is 36.4 Å². The Morgan fingerprint density at radius 3 is 2.34 bits per heavy atom. The van der Waals surface area contributed by atoms with Gasteiger partial charge in [-0.25, -0.2) is 0 Å². The molecule has 0 saturated carbocycles. The Morgan fingerprint density at radius 1 is 1.06 bits per heavy atom. The van der Waals surface area contributed by atoms with E-state index in [0.29, 0.717) is 36.1 Å². The van der Waals surface area contributed by atoms with Crippen LogP contribution in [0.25, 0.3) is 6.08 Å². The minimum atomic E-state index is -0.204. The Hall–Kier alpha value is -2.79. The zero-order valence-corrected chi connectivity index (χ0v) is 19.9. The van der Waals surface area contributed by atoms with Crippen LogP contribution < -0.4 is 10.2 Å². The SMILES string of the molecule is CCCC(=O)N1CCN(c2ccc(NC(=O)/C=C/c3ccc(C(C)C)cc3)cc2Cl)CC1. The number of hydrogen-bond acceptors (Lipinski definition) is 3. The zero-order valence-electron chi connectivity index (χ0n) is 19.1. The van der Waals surface area contributed by atoms with Crippen molar-refractivity contribution >= 4 is 40.9 Å². The van der Waals surface area contributed by atoms with Gasteiger partial charge in [-0.15, -0.1) is 0 Å². The molecule has 0 radical (unpaired) electrons. The maximum atomic E-state index is 12.3. The molecule has 1 heterocycles. The van der Waals surface area contributed by atoms with Crippen LogP contribution in [0.1, 0.15) is 50.7 Å². The van der Waals surface area contributed by atoms with Gasteiger partial charge in [-0.05, 0) is 47.7 Å². The van der Waals surface area contributed by atoms with Gasteiger partial charge in [-0.1, -0.05) is 56.6 Å². The molecular weight excluding hydrogens is 422 g/mol. The summed E-state index contributed by atoms with van der Waals surface area (Å²) < 4.78 is 0. The number of anilines is 2. The third-order valence-corrected chi connectivity index (χ3v) is 5.99. The minimum Gasteiger partial charge on any atom is -0.367 e. The summed E-state index contributed by atoms with van der Waals surface area (Å²) in [5.74, 6) is 0.501. The number of carbonyl (C=O) groups is 2. The van der Waals surface area contributed by atoms with Crippen LogP contribution in [-0.4, -0.2) is 42.9 Å². The highest BCUT2D eigenvalue weighted by molar-refractivity contribution is 6.33. The lowest BCUT2D eigenvalue weighted by Gasteiger charge is -2.36. The monoisotopic (exact) mass is 453 g/mol. The average molecular weight is 454 g/mol. The predicted octanol–water partition coefficient (Wildman–Crippen LogP) is 5.56. The van der Waals surface area contributed by atoms with Gasteiger partial charge in [0.2, 0.25) is 11.8 Å². The molecule has 170 valence electrons. The van der Waals surface area contributed by atoms with Gasteiger partial charge in [0, 0.05) is 44.4 Å². The lowest BCUT2D eigenvalue weighted by molar-refractivity contribution is -0.131. The van der Waals surface area contributed by atoms with Crippen LogP contribution >= 0.6 is 11.6 Å². The number of amides is 2. The number of nitrogens with one attached hydrogen (secondary N) is 1. The molecular formula is C26H32ClN3O2. The lowest BCUT2D eigenvalue weighted by Crippen LogP contribution is -2.48. The van der Waals surface area contributed by atoms with Gasteiger partial charge in [0.05, 0.1) is 10.7 Å². The van der Waals surface area contributed by atoms with E-state index in [1.165, 1.54) is 11.6 Å². The molecule has 32 heavy (non-hydrogen) atoms. The third-order valence-electron chi connectivity index (χ3n) is 5.68. The fourth-order valence-electron chi connectivity index (χ4n) is 3.76. The van der Waals surface area contributed by atoms with E-state index >= 15 is 0 Å². The Labute approximate surface area is 196 Å². The van der Waals surface area contributed by atoms with Crippen molar-refractivity contribution in [1.29, 1.82) is 0 Å². The Bertz CT molecular complexity index is 962. The highest BCUT2D eigenvalue weighted by Gasteiger charge is 2.22.